The Kier molecular flexibility index (Phi) is 4.24. The van der Waals surface area contributed by atoms with E-state index in [2.05, 4.69) is 21.6 Å². The maximum Gasteiger partial charge on any atom is 0.255 e. The molecule has 0 N–H and O–H groups in total. The van der Waals surface area contributed by atoms with Crippen LogP contribution in [-0.2, 0) is 6.54 Å². The van der Waals surface area contributed by atoms with Gasteiger partial charge < -0.3 is 14.0 Å². The van der Waals surface area contributed by atoms with Crippen LogP contribution in [0.5, 0.6) is 0 Å². The van der Waals surface area contributed by atoms with Crippen LogP contribution in [0.2, 0.25) is 0 Å². The third-order valence-electron chi connectivity index (χ3n) is 4.72. The third-order valence-corrected chi connectivity index (χ3v) is 4.72. The number of hydrogen-bond acceptors (Lipinski definition) is 4. The fraction of sp³-hybridized carbons (Fsp3) is 0.588. The number of piperidine rings is 1. The minimum Gasteiger partial charge on any atom is -0.349 e. The molecule has 6 heteroatoms. The molecule has 0 aliphatic carbocycles. The molecule has 3 rings (SSSR count). The number of aromatic nitrogens is 3. The third kappa shape index (κ3) is 2.90. The van der Waals surface area contributed by atoms with Crippen molar-refractivity contribution in [2.45, 2.75) is 53.0 Å². The number of carbonyl (C=O) groups is 1. The van der Waals surface area contributed by atoms with Crippen LogP contribution < -0.4 is 0 Å². The van der Waals surface area contributed by atoms with Crippen LogP contribution in [0.3, 0.4) is 0 Å². The molecule has 1 fully saturated rings. The Labute approximate surface area is 136 Å². The highest BCUT2D eigenvalue weighted by molar-refractivity contribution is 5.95. The molecule has 3 heterocycles. The molecule has 0 radical (unpaired) electrons. The van der Waals surface area contributed by atoms with E-state index in [-0.39, 0.29) is 11.8 Å². The SMILES string of the molecule is CCn1c(C)cc(C(=O)N2CCC[C@H](c3nc(C)no3)C2)c1C. The molecule has 1 amide bonds. The van der Waals surface area contributed by atoms with Gasteiger partial charge in [-0.15, -0.1) is 0 Å². The van der Waals surface area contributed by atoms with Crippen molar-refractivity contribution in [2.75, 3.05) is 13.1 Å². The van der Waals surface area contributed by atoms with Gasteiger partial charge in [0, 0.05) is 31.0 Å². The predicted octanol–water partition coefficient (Wildman–Crippen LogP) is 2.84. The van der Waals surface area contributed by atoms with Gasteiger partial charge in [0.25, 0.3) is 5.91 Å². The van der Waals surface area contributed by atoms with Crippen molar-refractivity contribution in [3.8, 4) is 0 Å². The molecule has 0 saturated carbocycles. The van der Waals surface area contributed by atoms with Crippen LogP contribution in [-0.4, -0.2) is 38.6 Å². The van der Waals surface area contributed by atoms with Crippen molar-refractivity contribution < 1.29 is 9.32 Å². The van der Waals surface area contributed by atoms with Crippen molar-refractivity contribution in [1.82, 2.24) is 19.6 Å². The van der Waals surface area contributed by atoms with Gasteiger partial charge in [0.15, 0.2) is 5.82 Å². The number of carbonyl (C=O) groups excluding carboxylic acids is 1. The molecule has 23 heavy (non-hydrogen) atoms. The number of likely N-dealkylation sites (tertiary alicyclic amines) is 1. The summed E-state index contributed by atoms with van der Waals surface area (Å²) in [6.07, 6.45) is 1.95. The summed E-state index contributed by atoms with van der Waals surface area (Å²) in [5.74, 6) is 1.55. The molecule has 1 aliphatic rings. The summed E-state index contributed by atoms with van der Waals surface area (Å²) in [5, 5.41) is 3.87. The van der Waals surface area contributed by atoms with Gasteiger partial charge in [-0.3, -0.25) is 4.79 Å². The molecular weight excluding hydrogens is 292 g/mol. The van der Waals surface area contributed by atoms with Crippen LogP contribution in [0.25, 0.3) is 0 Å². The number of nitrogens with zero attached hydrogens (tertiary/aromatic N) is 4. The summed E-state index contributed by atoms with van der Waals surface area (Å²) < 4.78 is 7.48. The lowest BCUT2D eigenvalue weighted by molar-refractivity contribution is 0.0695. The molecule has 1 atom stereocenters. The molecule has 0 aromatic carbocycles. The summed E-state index contributed by atoms with van der Waals surface area (Å²) in [4.78, 5) is 19.2. The smallest absolute Gasteiger partial charge is 0.255 e. The lowest BCUT2D eigenvalue weighted by Crippen LogP contribution is -2.39. The summed E-state index contributed by atoms with van der Waals surface area (Å²) in [7, 11) is 0. The maximum absolute atomic E-state index is 12.9. The Hall–Kier alpha value is -2.11. The number of rotatable bonds is 3. The zero-order valence-electron chi connectivity index (χ0n) is 14.3. The minimum atomic E-state index is 0.110. The second-order valence-electron chi connectivity index (χ2n) is 6.30. The first-order valence-electron chi connectivity index (χ1n) is 8.27. The first kappa shape index (κ1) is 15.8. The molecule has 6 nitrogen and oxygen atoms in total. The Morgan fingerprint density at radius 1 is 1.39 bits per heavy atom. The first-order valence-corrected chi connectivity index (χ1v) is 8.27. The van der Waals surface area contributed by atoms with Gasteiger partial charge in [0.2, 0.25) is 5.89 Å². The predicted molar refractivity (Wildman–Crippen MR) is 86.5 cm³/mol. The van der Waals surface area contributed by atoms with E-state index in [1.807, 2.05) is 31.7 Å². The number of aryl methyl sites for hydroxylation is 2. The van der Waals surface area contributed by atoms with E-state index in [9.17, 15) is 4.79 Å². The van der Waals surface area contributed by atoms with Gasteiger partial charge >= 0.3 is 0 Å². The lowest BCUT2D eigenvalue weighted by Gasteiger charge is -2.31. The van der Waals surface area contributed by atoms with Crippen LogP contribution in [0.1, 0.15) is 59.1 Å². The molecule has 0 unspecified atom stereocenters. The van der Waals surface area contributed by atoms with Gasteiger partial charge in [0.1, 0.15) is 0 Å². The van der Waals surface area contributed by atoms with E-state index in [1.54, 1.807) is 0 Å². The molecule has 2 aromatic heterocycles. The summed E-state index contributed by atoms with van der Waals surface area (Å²) in [6.45, 7) is 10.3. The molecule has 0 bridgehead atoms. The first-order chi connectivity index (χ1) is 11.0. The van der Waals surface area contributed by atoms with Crippen molar-refractivity contribution in [3.05, 3.63) is 34.7 Å². The standard InChI is InChI=1S/C17H24N4O2/c1-5-21-11(2)9-15(12(21)3)17(22)20-8-6-7-14(10-20)16-18-13(4)19-23-16/h9,14H,5-8,10H2,1-4H3/t14-/m0/s1. The normalized spacial score (nSPS) is 18.4. The highest BCUT2D eigenvalue weighted by Gasteiger charge is 2.30. The van der Waals surface area contributed by atoms with E-state index >= 15 is 0 Å². The van der Waals surface area contributed by atoms with Crippen molar-refractivity contribution in [1.29, 1.82) is 0 Å². The van der Waals surface area contributed by atoms with Crippen molar-refractivity contribution in [3.63, 3.8) is 0 Å². The highest BCUT2D eigenvalue weighted by Crippen LogP contribution is 2.27. The molecule has 1 saturated heterocycles. The zero-order chi connectivity index (χ0) is 16.6. The molecule has 2 aromatic rings. The fourth-order valence-corrected chi connectivity index (χ4v) is 3.52. The summed E-state index contributed by atoms with van der Waals surface area (Å²) >= 11 is 0. The molecule has 124 valence electrons. The van der Waals surface area contributed by atoms with Crippen molar-refractivity contribution >= 4 is 5.91 Å². The fourth-order valence-electron chi connectivity index (χ4n) is 3.52. The average Bonchev–Trinajstić information content (AvgIpc) is 3.10. The monoisotopic (exact) mass is 316 g/mol. The van der Waals surface area contributed by atoms with E-state index < -0.39 is 0 Å². The van der Waals surface area contributed by atoms with Gasteiger partial charge in [-0.25, -0.2) is 0 Å². The van der Waals surface area contributed by atoms with E-state index in [0.29, 0.717) is 18.3 Å². The highest BCUT2D eigenvalue weighted by atomic mass is 16.5. The van der Waals surface area contributed by atoms with Crippen LogP contribution >= 0.6 is 0 Å². The van der Waals surface area contributed by atoms with Gasteiger partial charge in [-0.2, -0.15) is 4.98 Å². The Balaban J connectivity index is 1.80. The second-order valence-corrected chi connectivity index (χ2v) is 6.30. The minimum absolute atomic E-state index is 0.110. The Morgan fingerprint density at radius 3 is 2.78 bits per heavy atom. The van der Waals surface area contributed by atoms with Crippen molar-refractivity contribution in [2.24, 2.45) is 0 Å². The Bertz CT molecular complexity index is 716. The Morgan fingerprint density at radius 2 is 2.17 bits per heavy atom. The van der Waals surface area contributed by atoms with Crippen LogP contribution in [0, 0.1) is 20.8 Å². The molecule has 0 spiro atoms. The summed E-state index contributed by atoms with van der Waals surface area (Å²) in [5.41, 5.74) is 2.99. The van der Waals surface area contributed by atoms with E-state index in [0.717, 1.165) is 42.9 Å². The van der Waals surface area contributed by atoms with Gasteiger partial charge in [-0.05, 0) is 46.6 Å². The molecule has 1 aliphatic heterocycles. The van der Waals surface area contributed by atoms with Gasteiger partial charge in [0.05, 0.1) is 11.5 Å². The average molecular weight is 316 g/mol. The summed E-state index contributed by atoms with van der Waals surface area (Å²) in [6, 6.07) is 2.00. The van der Waals surface area contributed by atoms with Crippen LogP contribution in [0.4, 0.5) is 0 Å². The number of hydrogen-bond donors (Lipinski definition) is 0. The van der Waals surface area contributed by atoms with E-state index in [1.165, 1.54) is 0 Å². The maximum atomic E-state index is 12.9. The topological polar surface area (TPSA) is 64.2 Å². The zero-order valence-corrected chi connectivity index (χ0v) is 14.3. The second kappa shape index (κ2) is 6.18. The van der Waals surface area contributed by atoms with E-state index in [4.69, 9.17) is 4.52 Å². The van der Waals surface area contributed by atoms with Gasteiger partial charge in [-0.1, -0.05) is 5.16 Å². The lowest BCUT2D eigenvalue weighted by atomic mass is 9.97. The quantitative estimate of drug-likeness (QED) is 0.873. The number of amides is 1. The van der Waals surface area contributed by atoms with Crippen LogP contribution in [0.15, 0.2) is 10.6 Å². The largest absolute Gasteiger partial charge is 0.349 e. The molecular formula is C17H24N4O2.